The zero-order valence-electron chi connectivity index (χ0n) is 20.6. The molecule has 0 aromatic rings. The minimum absolute atomic E-state index is 0.203. The maximum Gasteiger partial charge on any atom is 0.222 e. The Kier molecular flexibility index (Phi) is 9.39. The topological polar surface area (TPSA) is 64.0 Å². The smallest absolute Gasteiger partial charge is 0.222 e. The molecule has 1 aliphatic heterocycles. The van der Waals surface area contributed by atoms with Crippen molar-refractivity contribution in [3.8, 4) is 0 Å². The lowest BCUT2D eigenvalue weighted by Crippen LogP contribution is -2.47. The summed E-state index contributed by atoms with van der Waals surface area (Å²) in [5.41, 5.74) is 0.878. The molecule has 0 spiro atoms. The predicted molar refractivity (Wildman–Crippen MR) is 130 cm³/mol. The zero-order chi connectivity index (χ0) is 23.1. The molecule has 2 N–H and O–H groups in total. The first-order valence-electron chi connectivity index (χ1n) is 13.0. The molecular weight excluding hydrogens is 400 g/mol. The quantitative estimate of drug-likeness (QED) is 0.370. The van der Waals surface area contributed by atoms with E-state index in [0.29, 0.717) is 30.6 Å². The molecule has 1 amide bonds. The molecule has 0 unspecified atom stereocenters. The van der Waals surface area contributed by atoms with Crippen LogP contribution in [0.25, 0.3) is 0 Å². The van der Waals surface area contributed by atoms with Gasteiger partial charge in [0.1, 0.15) is 0 Å². The lowest BCUT2D eigenvalue weighted by molar-refractivity contribution is -0.132. The van der Waals surface area contributed by atoms with Crippen LogP contribution in [0.2, 0.25) is 0 Å². The Labute approximate surface area is 195 Å². The normalized spacial score (nSPS) is 30.5. The fourth-order valence-corrected chi connectivity index (χ4v) is 5.77. The second kappa shape index (κ2) is 11.8. The fourth-order valence-electron chi connectivity index (χ4n) is 5.77. The maximum atomic E-state index is 12.4. The second-order valence-electron chi connectivity index (χ2n) is 10.9. The SMILES string of the molecule is CCCC[C@](C)(O)CC=C[C@@H]1[C@H]2CC(CCCCC(=O)N3CCN(C)CC3)=C[C@H]2C[C@H]1O. The highest BCUT2D eigenvalue weighted by Crippen LogP contribution is 2.48. The average molecular weight is 447 g/mol. The number of carbonyl (C=O) groups is 1. The van der Waals surface area contributed by atoms with E-state index in [-0.39, 0.29) is 12.0 Å². The summed E-state index contributed by atoms with van der Waals surface area (Å²) in [6.07, 6.45) is 15.8. The van der Waals surface area contributed by atoms with Crippen LogP contribution in [0.3, 0.4) is 0 Å². The maximum absolute atomic E-state index is 12.4. The summed E-state index contributed by atoms with van der Waals surface area (Å²) in [4.78, 5) is 16.7. The van der Waals surface area contributed by atoms with Crippen LogP contribution in [0.15, 0.2) is 23.8 Å². The molecule has 0 aromatic carbocycles. The number of rotatable bonds is 11. The molecule has 5 nitrogen and oxygen atoms in total. The molecule has 0 radical (unpaired) electrons. The van der Waals surface area contributed by atoms with Gasteiger partial charge < -0.3 is 20.0 Å². The highest BCUT2D eigenvalue weighted by atomic mass is 16.3. The summed E-state index contributed by atoms with van der Waals surface area (Å²) in [7, 11) is 2.11. The molecule has 2 aliphatic carbocycles. The Balaban J connectivity index is 1.38. The van der Waals surface area contributed by atoms with Crippen molar-refractivity contribution in [2.75, 3.05) is 33.2 Å². The van der Waals surface area contributed by atoms with Gasteiger partial charge in [0.05, 0.1) is 11.7 Å². The Morgan fingerprint density at radius 1 is 1.22 bits per heavy atom. The fraction of sp³-hybridized carbons (Fsp3) is 0.815. The molecule has 5 atom stereocenters. The first kappa shape index (κ1) is 25.5. The summed E-state index contributed by atoms with van der Waals surface area (Å²) in [6.45, 7) is 7.78. The van der Waals surface area contributed by atoms with Crippen LogP contribution in [0, 0.1) is 17.8 Å². The number of unbranched alkanes of at least 4 members (excludes halogenated alkanes) is 2. The molecule has 1 saturated carbocycles. The summed E-state index contributed by atoms with van der Waals surface area (Å²) >= 11 is 0. The average Bonchev–Trinajstić information content (AvgIpc) is 3.27. The summed E-state index contributed by atoms with van der Waals surface area (Å²) in [6, 6.07) is 0. The van der Waals surface area contributed by atoms with Crippen LogP contribution in [0.4, 0.5) is 0 Å². The van der Waals surface area contributed by atoms with Gasteiger partial charge in [0.15, 0.2) is 0 Å². The van der Waals surface area contributed by atoms with Crippen LogP contribution in [0.1, 0.15) is 78.1 Å². The van der Waals surface area contributed by atoms with Gasteiger partial charge in [-0.15, -0.1) is 0 Å². The van der Waals surface area contributed by atoms with Crippen LogP contribution >= 0.6 is 0 Å². The van der Waals surface area contributed by atoms with Crippen molar-refractivity contribution >= 4 is 5.91 Å². The van der Waals surface area contributed by atoms with Gasteiger partial charge in [0.2, 0.25) is 5.91 Å². The van der Waals surface area contributed by atoms with E-state index in [1.165, 1.54) is 5.57 Å². The molecule has 2 fully saturated rings. The summed E-state index contributed by atoms with van der Waals surface area (Å²) < 4.78 is 0. The Hall–Kier alpha value is -1.17. The number of allylic oxidation sites excluding steroid dienone is 2. The van der Waals surface area contributed by atoms with Gasteiger partial charge >= 0.3 is 0 Å². The minimum atomic E-state index is -0.643. The van der Waals surface area contributed by atoms with E-state index in [2.05, 4.69) is 37.1 Å². The van der Waals surface area contributed by atoms with E-state index in [1.807, 2.05) is 11.8 Å². The van der Waals surface area contributed by atoms with Gasteiger partial charge in [-0.3, -0.25) is 4.79 Å². The van der Waals surface area contributed by atoms with Crippen molar-refractivity contribution in [1.29, 1.82) is 0 Å². The first-order valence-corrected chi connectivity index (χ1v) is 13.0. The van der Waals surface area contributed by atoms with Gasteiger partial charge in [0.25, 0.3) is 0 Å². The highest BCUT2D eigenvalue weighted by Gasteiger charge is 2.43. The minimum Gasteiger partial charge on any atom is -0.392 e. The third-order valence-electron chi connectivity index (χ3n) is 7.93. The Morgan fingerprint density at radius 3 is 2.69 bits per heavy atom. The Morgan fingerprint density at radius 2 is 1.97 bits per heavy atom. The molecular formula is C27H46N2O3. The lowest BCUT2D eigenvalue weighted by Gasteiger charge is -2.32. The number of fused-ring (bicyclic) bond motifs is 1. The lowest BCUT2D eigenvalue weighted by atomic mass is 9.87. The number of likely N-dealkylation sites (N-methyl/N-ethyl adjacent to an activating group) is 1. The predicted octanol–water partition coefficient (Wildman–Crippen LogP) is 4.15. The molecule has 32 heavy (non-hydrogen) atoms. The van der Waals surface area contributed by atoms with Gasteiger partial charge in [-0.1, -0.05) is 43.6 Å². The number of aliphatic hydroxyl groups excluding tert-OH is 1. The highest BCUT2D eigenvalue weighted by molar-refractivity contribution is 5.76. The monoisotopic (exact) mass is 446 g/mol. The summed E-state index contributed by atoms with van der Waals surface area (Å²) in [5, 5.41) is 21.1. The van der Waals surface area contributed by atoms with Crippen LogP contribution in [-0.4, -0.2) is 70.9 Å². The molecule has 0 aromatic heterocycles. The number of nitrogens with zero attached hydrogens (tertiary/aromatic N) is 2. The van der Waals surface area contributed by atoms with E-state index in [4.69, 9.17) is 0 Å². The van der Waals surface area contributed by atoms with Crippen molar-refractivity contribution in [2.45, 2.75) is 89.8 Å². The first-order chi connectivity index (χ1) is 15.3. The number of piperazine rings is 1. The van der Waals surface area contributed by atoms with Crippen LogP contribution < -0.4 is 0 Å². The molecule has 3 aliphatic rings. The van der Waals surface area contributed by atoms with Crippen molar-refractivity contribution in [3.63, 3.8) is 0 Å². The van der Waals surface area contributed by atoms with Crippen LogP contribution in [-0.2, 0) is 4.79 Å². The van der Waals surface area contributed by atoms with E-state index in [1.54, 1.807) is 0 Å². The molecule has 1 heterocycles. The number of amides is 1. The zero-order valence-corrected chi connectivity index (χ0v) is 20.6. The standard InChI is InChI=1S/C27H46N2O3/c1-4-5-12-27(2,32)13-8-10-23-24-19-21(18-22(24)20-25(23)30)9-6-7-11-26(31)29-16-14-28(3)15-17-29/h8,10,18,22-25,30,32H,4-7,9,11-17,19-20H2,1-3H3/t22-,23+,24-,25+,27-/m0/s1. The van der Waals surface area contributed by atoms with Crippen molar-refractivity contribution in [1.82, 2.24) is 9.80 Å². The van der Waals surface area contributed by atoms with E-state index >= 15 is 0 Å². The van der Waals surface area contributed by atoms with Gasteiger partial charge in [-0.2, -0.15) is 0 Å². The van der Waals surface area contributed by atoms with Gasteiger partial charge in [0, 0.05) is 38.5 Å². The largest absolute Gasteiger partial charge is 0.392 e. The Bertz CT molecular complexity index is 664. The molecule has 1 saturated heterocycles. The third-order valence-corrected chi connectivity index (χ3v) is 7.93. The molecule has 3 rings (SSSR count). The van der Waals surface area contributed by atoms with E-state index < -0.39 is 5.60 Å². The van der Waals surface area contributed by atoms with Crippen LogP contribution in [0.5, 0.6) is 0 Å². The summed E-state index contributed by atoms with van der Waals surface area (Å²) in [5.74, 6) is 1.51. The third kappa shape index (κ3) is 7.16. The number of carbonyl (C=O) groups excluding carboxylic acids is 1. The van der Waals surface area contributed by atoms with Crippen molar-refractivity contribution in [3.05, 3.63) is 23.8 Å². The second-order valence-corrected chi connectivity index (χ2v) is 10.9. The van der Waals surface area contributed by atoms with Gasteiger partial charge in [-0.05, 0) is 70.8 Å². The molecule has 182 valence electrons. The molecule has 5 heteroatoms. The number of hydrogen-bond donors (Lipinski definition) is 2. The van der Waals surface area contributed by atoms with Crippen molar-refractivity contribution in [2.24, 2.45) is 17.8 Å². The molecule has 0 bridgehead atoms. The van der Waals surface area contributed by atoms with E-state index in [0.717, 1.165) is 77.5 Å². The van der Waals surface area contributed by atoms with E-state index in [9.17, 15) is 15.0 Å². The number of aliphatic hydroxyl groups is 2. The van der Waals surface area contributed by atoms with Crippen molar-refractivity contribution < 1.29 is 15.0 Å². The number of hydrogen-bond acceptors (Lipinski definition) is 4. The van der Waals surface area contributed by atoms with Gasteiger partial charge in [-0.25, -0.2) is 0 Å².